The number of allylic oxidation sites excluding steroid dienone is 1. The Hall–Kier alpha value is -0.300. The molecule has 0 fully saturated rings. The van der Waals surface area contributed by atoms with E-state index in [1.807, 2.05) is 6.08 Å². The third kappa shape index (κ3) is 6.11. The highest BCUT2D eigenvalue weighted by Gasteiger charge is 2.11. The fraction of sp³-hybridized carbons (Fsp3) is 0.800. The van der Waals surface area contributed by atoms with Gasteiger partial charge in [-0.1, -0.05) is 45.8 Å². The summed E-state index contributed by atoms with van der Waals surface area (Å²) in [6.45, 7) is 6.77. The lowest BCUT2D eigenvalue weighted by Gasteiger charge is -2.19. The van der Waals surface area contributed by atoms with E-state index in [1.54, 1.807) is 0 Å². The van der Waals surface area contributed by atoms with Gasteiger partial charge in [-0.3, -0.25) is 0 Å². The summed E-state index contributed by atoms with van der Waals surface area (Å²) in [5.41, 5.74) is 0.263. The van der Waals surface area contributed by atoms with E-state index in [0.29, 0.717) is 0 Å². The summed E-state index contributed by atoms with van der Waals surface area (Å²) < 4.78 is 0. The van der Waals surface area contributed by atoms with Gasteiger partial charge < -0.3 is 5.11 Å². The van der Waals surface area contributed by atoms with Crippen LogP contribution in [0.25, 0.3) is 0 Å². The second-order valence-electron chi connectivity index (χ2n) is 3.68. The second-order valence-corrected chi connectivity index (χ2v) is 3.68. The molecule has 0 amide bonds. The van der Waals surface area contributed by atoms with Crippen LogP contribution in [0.4, 0.5) is 0 Å². The molecule has 0 aromatic heterocycles. The zero-order valence-corrected chi connectivity index (χ0v) is 7.93. The van der Waals surface area contributed by atoms with Crippen LogP contribution in [0.1, 0.15) is 40.0 Å². The highest BCUT2D eigenvalue weighted by atomic mass is 16.2. The number of hydrogen-bond donors (Lipinski definition) is 1. The van der Waals surface area contributed by atoms with E-state index in [-0.39, 0.29) is 12.0 Å². The Morgan fingerprint density at radius 1 is 1.36 bits per heavy atom. The van der Waals surface area contributed by atoms with Crippen molar-refractivity contribution in [2.75, 3.05) is 6.61 Å². The van der Waals surface area contributed by atoms with Crippen molar-refractivity contribution in [2.24, 2.45) is 5.41 Å². The number of aliphatic hydroxyl groups excluding tert-OH is 1. The van der Waals surface area contributed by atoms with E-state index in [2.05, 4.69) is 26.8 Å². The highest BCUT2D eigenvalue weighted by Crippen LogP contribution is 2.24. The van der Waals surface area contributed by atoms with Gasteiger partial charge in [0.1, 0.15) is 0 Å². The molecule has 0 aliphatic carbocycles. The summed E-state index contributed by atoms with van der Waals surface area (Å²) in [4.78, 5) is 0. The number of hydrogen-bond acceptors (Lipinski definition) is 1. The van der Waals surface area contributed by atoms with E-state index >= 15 is 0 Å². The van der Waals surface area contributed by atoms with Crippen LogP contribution in [0.15, 0.2) is 12.2 Å². The minimum absolute atomic E-state index is 0.162. The van der Waals surface area contributed by atoms with E-state index in [9.17, 15) is 0 Å². The lowest BCUT2D eigenvalue weighted by Crippen LogP contribution is -2.06. The molecule has 0 radical (unpaired) electrons. The molecule has 0 aromatic carbocycles. The minimum Gasteiger partial charge on any atom is -0.392 e. The molecule has 1 nitrogen and oxygen atoms in total. The Labute approximate surface area is 70.1 Å². The summed E-state index contributed by atoms with van der Waals surface area (Å²) in [6, 6.07) is 0. The van der Waals surface area contributed by atoms with Crippen LogP contribution in [-0.4, -0.2) is 11.7 Å². The zero-order chi connectivity index (χ0) is 8.74. The molecule has 0 rings (SSSR count). The van der Waals surface area contributed by atoms with Crippen LogP contribution in [0.3, 0.4) is 0 Å². The van der Waals surface area contributed by atoms with Crippen LogP contribution in [0.2, 0.25) is 0 Å². The largest absolute Gasteiger partial charge is 0.392 e. The topological polar surface area (TPSA) is 20.2 Å². The van der Waals surface area contributed by atoms with Crippen LogP contribution < -0.4 is 0 Å². The Kier molecular flexibility index (Phi) is 5.22. The first-order chi connectivity index (χ1) is 5.12. The summed E-state index contributed by atoms with van der Waals surface area (Å²) in [6.07, 6.45) is 7.65. The van der Waals surface area contributed by atoms with Gasteiger partial charge in [0, 0.05) is 0 Å². The van der Waals surface area contributed by atoms with Crippen molar-refractivity contribution in [1.82, 2.24) is 0 Å². The molecule has 0 atom stereocenters. The van der Waals surface area contributed by atoms with Gasteiger partial charge in [0.2, 0.25) is 0 Å². The van der Waals surface area contributed by atoms with Gasteiger partial charge in [0.05, 0.1) is 6.61 Å². The molecule has 0 saturated heterocycles. The third-order valence-electron chi connectivity index (χ3n) is 1.85. The molecular formula is C10H20O. The van der Waals surface area contributed by atoms with Gasteiger partial charge in [-0.2, -0.15) is 0 Å². The van der Waals surface area contributed by atoms with Gasteiger partial charge in [-0.25, -0.2) is 0 Å². The fourth-order valence-electron chi connectivity index (χ4n) is 1.09. The van der Waals surface area contributed by atoms with Gasteiger partial charge in [0.15, 0.2) is 0 Å². The van der Waals surface area contributed by atoms with E-state index < -0.39 is 0 Å². The summed E-state index contributed by atoms with van der Waals surface area (Å²) >= 11 is 0. The molecule has 0 aliphatic rings. The number of rotatable bonds is 5. The maximum absolute atomic E-state index is 8.57. The number of aliphatic hydroxyl groups is 1. The molecule has 0 bridgehead atoms. The van der Waals surface area contributed by atoms with E-state index in [4.69, 9.17) is 5.11 Å². The molecule has 11 heavy (non-hydrogen) atoms. The third-order valence-corrected chi connectivity index (χ3v) is 1.85. The van der Waals surface area contributed by atoms with E-state index in [1.165, 1.54) is 19.3 Å². The molecule has 1 N–H and O–H groups in total. The maximum atomic E-state index is 8.57. The predicted molar refractivity (Wildman–Crippen MR) is 49.5 cm³/mol. The summed E-state index contributed by atoms with van der Waals surface area (Å²) in [5, 5.41) is 8.57. The maximum Gasteiger partial charge on any atom is 0.0612 e. The van der Waals surface area contributed by atoms with Crippen molar-refractivity contribution in [3.8, 4) is 0 Å². The monoisotopic (exact) mass is 156 g/mol. The second kappa shape index (κ2) is 5.36. The first kappa shape index (κ1) is 10.7. The van der Waals surface area contributed by atoms with Crippen molar-refractivity contribution < 1.29 is 5.11 Å². The lowest BCUT2D eigenvalue weighted by molar-refractivity contribution is 0.338. The normalized spacial score (nSPS) is 12.7. The summed E-state index contributed by atoms with van der Waals surface area (Å²) in [5.74, 6) is 0. The summed E-state index contributed by atoms with van der Waals surface area (Å²) in [7, 11) is 0. The van der Waals surface area contributed by atoms with Crippen LogP contribution in [0, 0.1) is 5.41 Å². The SMILES string of the molecule is CCCCC(C)(C)/C=C/CO. The van der Waals surface area contributed by atoms with Crippen molar-refractivity contribution in [3.63, 3.8) is 0 Å². The lowest BCUT2D eigenvalue weighted by atomic mass is 9.87. The van der Waals surface area contributed by atoms with Crippen molar-refractivity contribution >= 4 is 0 Å². The molecule has 0 unspecified atom stereocenters. The molecule has 0 aromatic rings. The Morgan fingerprint density at radius 2 is 2.00 bits per heavy atom. The Balaban J connectivity index is 3.69. The van der Waals surface area contributed by atoms with Crippen molar-refractivity contribution in [3.05, 3.63) is 12.2 Å². The quantitative estimate of drug-likeness (QED) is 0.607. The minimum atomic E-state index is 0.162. The molecule has 1 heteroatoms. The van der Waals surface area contributed by atoms with Crippen LogP contribution >= 0.6 is 0 Å². The number of unbranched alkanes of at least 4 members (excludes halogenated alkanes) is 1. The average molecular weight is 156 g/mol. The molecule has 0 spiro atoms. The zero-order valence-electron chi connectivity index (χ0n) is 7.93. The smallest absolute Gasteiger partial charge is 0.0612 e. The predicted octanol–water partition coefficient (Wildman–Crippen LogP) is 2.75. The van der Waals surface area contributed by atoms with Crippen molar-refractivity contribution in [1.29, 1.82) is 0 Å². The fourth-order valence-corrected chi connectivity index (χ4v) is 1.09. The van der Waals surface area contributed by atoms with Crippen LogP contribution in [0.5, 0.6) is 0 Å². The van der Waals surface area contributed by atoms with Gasteiger partial charge >= 0.3 is 0 Å². The Bertz CT molecular complexity index is 114. The molecule has 0 aliphatic heterocycles. The van der Waals surface area contributed by atoms with E-state index in [0.717, 1.165) is 0 Å². The Morgan fingerprint density at radius 3 is 2.45 bits per heavy atom. The highest BCUT2D eigenvalue weighted by molar-refractivity contribution is 4.94. The molecule has 0 heterocycles. The molecule has 0 saturated carbocycles. The average Bonchev–Trinajstić information content (AvgIpc) is 1.97. The standard InChI is InChI=1S/C10H20O/c1-4-5-7-10(2,3)8-6-9-11/h6,8,11H,4-5,7,9H2,1-3H3/b8-6+. The van der Waals surface area contributed by atoms with Gasteiger partial charge in [-0.15, -0.1) is 0 Å². The first-order valence-electron chi connectivity index (χ1n) is 4.41. The van der Waals surface area contributed by atoms with Gasteiger partial charge in [-0.05, 0) is 11.8 Å². The molecule has 66 valence electrons. The van der Waals surface area contributed by atoms with Crippen molar-refractivity contribution in [2.45, 2.75) is 40.0 Å². The van der Waals surface area contributed by atoms with Crippen LogP contribution in [-0.2, 0) is 0 Å². The molecular weight excluding hydrogens is 136 g/mol. The van der Waals surface area contributed by atoms with Gasteiger partial charge in [0.25, 0.3) is 0 Å². The first-order valence-corrected chi connectivity index (χ1v) is 4.41.